The molecule has 0 unspecified atom stereocenters. The summed E-state index contributed by atoms with van der Waals surface area (Å²) in [4.78, 5) is 2.11. The maximum atomic E-state index is 5.18. The van der Waals surface area contributed by atoms with Crippen LogP contribution in [0, 0.1) is 6.92 Å². The van der Waals surface area contributed by atoms with Gasteiger partial charge in [0.2, 0.25) is 0 Å². The normalized spacial score (nSPS) is 10.7. The molecule has 0 aliphatic rings. The van der Waals surface area contributed by atoms with E-state index in [4.69, 9.17) is 4.74 Å². The van der Waals surface area contributed by atoms with Crippen molar-refractivity contribution < 1.29 is 4.74 Å². The smallest absolute Gasteiger partial charge is 0.0990 e. The van der Waals surface area contributed by atoms with E-state index in [9.17, 15) is 0 Å². The highest BCUT2D eigenvalue weighted by molar-refractivity contribution is 5.14. The summed E-state index contributed by atoms with van der Waals surface area (Å²) in [5.74, 6) is 0. The number of benzene rings is 1. The van der Waals surface area contributed by atoms with E-state index in [1.54, 1.807) is 0 Å². The molecular formula is C11H16NO. The van der Waals surface area contributed by atoms with Crippen molar-refractivity contribution in [3.8, 4) is 0 Å². The van der Waals surface area contributed by atoms with E-state index >= 15 is 0 Å². The largest absolute Gasteiger partial charge is 0.366 e. The molecule has 0 amide bonds. The second-order valence-electron chi connectivity index (χ2n) is 3.04. The van der Waals surface area contributed by atoms with Crippen LogP contribution in [0.2, 0.25) is 0 Å². The van der Waals surface area contributed by atoms with E-state index in [2.05, 4.69) is 24.0 Å². The van der Waals surface area contributed by atoms with Gasteiger partial charge in [-0.2, -0.15) is 0 Å². The van der Waals surface area contributed by atoms with Crippen LogP contribution in [0.5, 0.6) is 0 Å². The molecular weight excluding hydrogens is 162 g/mol. The number of rotatable bonds is 5. The lowest BCUT2D eigenvalue weighted by Gasteiger charge is -2.15. The Bertz CT molecular complexity index is 223. The summed E-state index contributed by atoms with van der Waals surface area (Å²) in [6, 6.07) is 10.3. The average molecular weight is 178 g/mol. The first-order valence-electron chi connectivity index (χ1n) is 4.42. The molecule has 0 aromatic heterocycles. The maximum absolute atomic E-state index is 5.18. The highest BCUT2D eigenvalue weighted by Gasteiger charge is 1.97. The standard InChI is InChI=1S/C11H16NO/c1-3-13-10-12(2)9-11-7-5-4-6-8-11/h4-8H,1,3,9-10H2,2H3. The Kier molecular flexibility index (Phi) is 4.50. The van der Waals surface area contributed by atoms with Crippen LogP contribution in [0.3, 0.4) is 0 Å². The summed E-state index contributed by atoms with van der Waals surface area (Å²) >= 11 is 0. The molecule has 0 fully saturated rings. The zero-order chi connectivity index (χ0) is 9.52. The van der Waals surface area contributed by atoms with Crippen molar-refractivity contribution in [1.82, 2.24) is 4.90 Å². The topological polar surface area (TPSA) is 12.5 Å². The summed E-state index contributed by atoms with van der Waals surface area (Å²) < 4.78 is 5.18. The van der Waals surface area contributed by atoms with E-state index in [0.29, 0.717) is 13.3 Å². The van der Waals surface area contributed by atoms with Gasteiger partial charge in [-0.05, 0) is 19.5 Å². The molecule has 0 saturated carbocycles. The minimum atomic E-state index is 0.527. The molecule has 0 heterocycles. The molecule has 1 rings (SSSR count). The second-order valence-corrected chi connectivity index (χ2v) is 3.04. The SMILES string of the molecule is [CH2]COCN(C)Cc1ccccc1. The average Bonchev–Trinajstić information content (AvgIpc) is 2.16. The molecule has 1 aromatic rings. The van der Waals surface area contributed by atoms with Crippen molar-refractivity contribution in [2.45, 2.75) is 6.54 Å². The van der Waals surface area contributed by atoms with E-state index in [-0.39, 0.29) is 0 Å². The molecule has 0 aliphatic heterocycles. The van der Waals surface area contributed by atoms with Gasteiger partial charge in [0.1, 0.15) is 0 Å². The van der Waals surface area contributed by atoms with Crippen LogP contribution in [0.1, 0.15) is 5.56 Å². The lowest BCUT2D eigenvalue weighted by atomic mass is 10.2. The summed E-state index contributed by atoms with van der Waals surface area (Å²) in [5.41, 5.74) is 1.30. The van der Waals surface area contributed by atoms with Gasteiger partial charge in [0.05, 0.1) is 6.73 Å². The molecule has 0 spiro atoms. The van der Waals surface area contributed by atoms with Crippen molar-refractivity contribution in [2.75, 3.05) is 20.4 Å². The molecule has 0 N–H and O–H groups in total. The van der Waals surface area contributed by atoms with Crippen LogP contribution >= 0.6 is 0 Å². The monoisotopic (exact) mass is 178 g/mol. The van der Waals surface area contributed by atoms with Crippen LogP contribution in [0.4, 0.5) is 0 Å². The molecule has 0 saturated heterocycles. The van der Waals surface area contributed by atoms with E-state index in [1.165, 1.54) is 5.56 Å². The van der Waals surface area contributed by atoms with Crippen LogP contribution in [0.25, 0.3) is 0 Å². The Balaban J connectivity index is 2.32. The van der Waals surface area contributed by atoms with Crippen LogP contribution in [0.15, 0.2) is 30.3 Å². The number of nitrogens with zero attached hydrogens (tertiary/aromatic N) is 1. The first-order chi connectivity index (χ1) is 6.33. The van der Waals surface area contributed by atoms with Crippen LogP contribution in [-0.2, 0) is 11.3 Å². The molecule has 2 nitrogen and oxygen atoms in total. The quantitative estimate of drug-likeness (QED) is 0.639. The van der Waals surface area contributed by atoms with E-state index in [0.717, 1.165) is 6.54 Å². The fourth-order valence-corrected chi connectivity index (χ4v) is 1.16. The van der Waals surface area contributed by atoms with Crippen molar-refractivity contribution >= 4 is 0 Å². The number of ether oxygens (including phenoxy) is 1. The maximum Gasteiger partial charge on any atom is 0.0990 e. The Labute approximate surface area is 80.1 Å². The highest BCUT2D eigenvalue weighted by Crippen LogP contribution is 2.01. The van der Waals surface area contributed by atoms with Gasteiger partial charge in [0, 0.05) is 13.2 Å². The van der Waals surface area contributed by atoms with Gasteiger partial charge in [-0.3, -0.25) is 4.90 Å². The molecule has 0 aliphatic carbocycles. The Morgan fingerprint density at radius 2 is 2.00 bits per heavy atom. The highest BCUT2D eigenvalue weighted by atomic mass is 16.5. The van der Waals surface area contributed by atoms with E-state index in [1.807, 2.05) is 25.2 Å². The lowest BCUT2D eigenvalue weighted by Crippen LogP contribution is -2.21. The molecule has 1 aromatic carbocycles. The molecule has 71 valence electrons. The lowest BCUT2D eigenvalue weighted by molar-refractivity contribution is 0.0547. The first kappa shape index (κ1) is 10.2. The van der Waals surface area contributed by atoms with Gasteiger partial charge in [-0.1, -0.05) is 30.3 Å². The molecule has 2 heteroatoms. The fraction of sp³-hybridized carbons (Fsp3) is 0.364. The van der Waals surface area contributed by atoms with Crippen LogP contribution < -0.4 is 0 Å². The Hall–Kier alpha value is -0.860. The Morgan fingerprint density at radius 3 is 2.62 bits per heavy atom. The Morgan fingerprint density at radius 1 is 1.31 bits per heavy atom. The third-order valence-electron chi connectivity index (χ3n) is 1.75. The predicted molar refractivity (Wildman–Crippen MR) is 54.1 cm³/mol. The van der Waals surface area contributed by atoms with Crippen molar-refractivity contribution in [2.24, 2.45) is 0 Å². The van der Waals surface area contributed by atoms with Gasteiger partial charge in [0.25, 0.3) is 0 Å². The minimum absolute atomic E-state index is 0.527. The van der Waals surface area contributed by atoms with Gasteiger partial charge >= 0.3 is 0 Å². The predicted octanol–water partition coefficient (Wildman–Crippen LogP) is 1.93. The van der Waals surface area contributed by atoms with Crippen molar-refractivity contribution in [1.29, 1.82) is 0 Å². The van der Waals surface area contributed by atoms with Crippen molar-refractivity contribution in [3.63, 3.8) is 0 Å². The minimum Gasteiger partial charge on any atom is -0.366 e. The summed E-state index contributed by atoms with van der Waals surface area (Å²) in [5, 5.41) is 0. The third kappa shape index (κ3) is 4.06. The summed E-state index contributed by atoms with van der Waals surface area (Å²) in [6.45, 7) is 5.70. The molecule has 1 radical (unpaired) electrons. The van der Waals surface area contributed by atoms with Crippen molar-refractivity contribution in [3.05, 3.63) is 42.8 Å². The third-order valence-corrected chi connectivity index (χ3v) is 1.75. The molecule has 0 atom stereocenters. The number of hydrogen-bond acceptors (Lipinski definition) is 2. The summed E-state index contributed by atoms with van der Waals surface area (Å²) in [7, 11) is 2.03. The summed E-state index contributed by atoms with van der Waals surface area (Å²) in [6.07, 6.45) is 0. The van der Waals surface area contributed by atoms with Gasteiger partial charge in [-0.15, -0.1) is 0 Å². The zero-order valence-electron chi connectivity index (χ0n) is 8.07. The fourth-order valence-electron chi connectivity index (χ4n) is 1.16. The van der Waals surface area contributed by atoms with Gasteiger partial charge in [-0.25, -0.2) is 0 Å². The zero-order valence-corrected chi connectivity index (χ0v) is 8.07. The molecule has 0 bridgehead atoms. The number of hydrogen-bond donors (Lipinski definition) is 0. The first-order valence-corrected chi connectivity index (χ1v) is 4.42. The molecule has 13 heavy (non-hydrogen) atoms. The van der Waals surface area contributed by atoms with Gasteiger partial charge < -0.3 is 4.74 Å². The van der Waals surface area contributed by atoms with Crippen LogP contribution in [-0.4, -0.2) is 25.3 Å². The second kappa shape index (κ2) is 5.73. The van der Waals surface area contributed by atoms with E-state index < -0.39 is 0 Å². The van der Waals surface area contributed by atoms with Gasteiger partial charge in [0.15, 0.2) is 0 Å².